The lowest BCUT2D eigenvalue weighted by molar-refractivity contribution is 0.102. The topological polar surface area (TPSA) is 77.2 Å². The fourth-order valence-corrected chi connectivity index (χ4v) is 3.10. The summed E-state index contributed by atoms with van der Waals surface area (Å²) in [4.78, 5) is 16.9. The van der Waals surface area contributed by atoms with Crippen molar-refractivity contribution in [1.29, 1.82) is 0 Å². The Labute approximate surface area is 164 Å². The molecule has 0 atom stereocenters. The number of pyridine rings is 1. The predicted octanol–water partition coefficient (Wildman–Crippen LogP) is 4.85. The molecule has 3 rings (SSSR count). The monoisotopic (exact) mass is 373 g/mol. The van der Waals surface area contributed by atoms with E-state index in [-0.39, 0.29) is 11.6 Å². The van der Waals surface area contributed by atoms with Gasteiger partial charge in [-0.15, -0.1) is 0 Å². The van der Waals surface area contributed by atoms with Gasteiger partial charge in [-0.05, 0) is 48.2 Å². The second-order valence-corrected chi connectivity index (χ2v) is 6.47. The molecule has 2 aromatic carbocycles. The quantitative estimate of drug-likeness (QED) is 0.627. The van der Waals surface area contributed by atoms with Crippen molar-refractivity contribution >= 4 is 23.4 Å². The highest BCUT2D eigenvalue weighted by Gasteiger charge is 2.15. The van der Waals surface area contributed by atoms with Gasteiger partial charge in [-0.25, -0.2) is 0 Å². The first-order chi connectivity index (χ1) is 13.5. The van der Waals surface area contributed by atoms with Gasteiger partial charge in [0.05, 0.1) is 7.11 Å². The molecule has 0 spiro atoms. The number of hydrogen-bond donors (Lipinski definition) is 2. The average Bonchev–Trinajstić information content (AvgIpc) is 2.71. The van der Waals surface area contributed by atoms with Gasteiger partial charge in [0, 0.05) is 29.2 Å². The summed E-state index contributed by atoms with van der Waals surface area (Å²) in [6.45, 7) is 7.68. The van der Waals surface area contributed by atoms with E-state index in [2.05, 4.69) is 16.9 Å². The second kappa shape index (κ2) is 7.96. The Hall–Kier alpha value is -3.60. The molecule has 0 bridgehead atoms. The van der Waals surface area contributed by atoms with Gasteiger partial charge in [-0.1, -0.05) is 36.9 Å². The maximum atomic E-state index is 12.7. The molecule has 3 N–H and O–H groups in total. The van der Waals surface area contributed by atoms with E-state index in [9.17, 15) is 4.79 Å². The van der Waals surface area contributed by atoms with Crippen molar-refractivity contribution < 1.29 is 9.53 Å². The van der Waals surface area contributed by atoms with Gasteiger partial charge >= 0.3 is 0 Å². The molecule has 28 heavy (non-hydrogen) atoms. The second-order valence-electron chi connectivity index (χ2n) is 6.47. The number of carbonyl (C=O) groups excluding carboxylic acids is 1. The summed E-state index contributed by atoms with van der Waals surface area (Å²) >= 11 is 0. The number of aromatic nitrogens is 1. The SMILES string of the molecule is C=Cc1cnc(C(=O)Nc2cccc(-c3cccc(N)c3C)c2C)cc1OC. The van der Waals surface area contributed by atoms with E-state index in [0.717, 1.165) is 39.2 Å². The van der Waals surface area contributed by atoms with Crippen LogP contribution in [0.25, 0.3) is 17.2 Å². The number of nitrogens with one attached hydrogen (secondary N) is 1. The van der Waals surface area contributed by atoms with E-state index in [1.54, 1.807) is 25.4 Å². The Morgan fingerprint density at radius 1 is 1.14 bits per heavy atom. The van der Waals surface area contributed by atoms with Gasteiger partial charge in [0.2, 0.25) is 0 Å². The first kappa shape index (κ1) is 19.2. The summed E-state index contributed by atoms with van der Waals surface area (Å²) in [5, 5.41) is 2.95. The summed E-state index contributed by atoms with van der Waals surface area (Å²) < 4.78 is 5.30. The van der Waals surface area contributed by atoms with Crippen LogP contribution in [-0.2, 0) is 0 Å². The zero-order valence-electron chi connectivity index (χ0n) is 16.2. The van der Waals surface area contributed by atoms with Gasteiger partial charge in [-0.2, -0.15) is 0 Å². The van der Waals surface area contributed by atoms with E-state index in [1.165, 1.54) is 0 Å². The van der Waals surface area contributed by atoms with Gasteiger partial charge in [0.1, 0.15) is 11.4 Å². The number of nitrogens with two attached hydrogens (primary N) is 1. The van der Waals surface area contributed by atoms with Crippen molar-refractivity contribution in [3.05, 3.63) is 77.6 Å². The van der Waals surface area contributed by atoms with Crippen LogP contribution in [0.3, 0.4) is 0 Å². The number of ether oxygens (including phenoxy) is 1. The standard InChI is InChI=1S/C23H23N3O2/c1-5-16-13-25-21(12-22(16)28-4)23(27)26-20-11-7-9-18(15(20)3)17-8-6-10-19(24)14(17)2/h5-13H,1,24H2,2-4H3,(H,26,27). The van der Waals surface area contributed by atoms with E-state index >= 15 is 0 Å². The normalized spacial score (nSPS) is 10.4. The number of carbonyl (C=O) groups is 1. The van der Waals surface area contributed by atoms with Crippen molar-refractivity contribution in [2.45, 2.75) is 13.8 Å². The fourth-order valence-electron chi connectivity index (χ4n) is 3.10. The Kier molecular flexibility index (Phi) is 5.45. The number of nitrogen functional groups attached to an aromatic ring is 1. The summed E-state index contributed by atoms with van der Waals surface area (Å²) in [6, 6.07) is 13.2. The summed E-state index contributed by atoms with van der Waals surface area (Å²) in [5.41, 5.74) is 12.6. The molecule has 0 aliphatic carbocycles. The molecule has 0 unspecified atom stereocenters. The first-order valence-corrected chi connectivity index (χ1v) is 8.89. The number of amides is 1. The van der Waals surface area contributed by atoms with Gasteiger partial charge in [0.25, 0.3) is 5.91 Å². The zero-order chi connectivity index (χ0) is 20.3. The zero-order valence-corrected chi connectivity index (χ0v) is 16.2. The molecule has 0 radical (unpaired) electrons. The molecule has 0 saturated heterocycles. The van der Waals surface area contributed by atoms with Crippen LogP contribution in [0, 0.1) is 13.8 Å². The van der Waals surface area contributed by atoms with E-state index in [0.29, 0.717) is 5.75 Å². The van der Waals surface area contributed by atoms with Crippen LogP contribution in [0.1, 0.15) is 27.2 Å². The highest BCUT2D eigenvalue weighted by Crippen LogP contribution is 2.33. The van der Waals surface area contributed by atoms with Crippen molar-refractivity contribution in [2.24, 2.45) is 0 Å². The lowest BCUT2D eigenvalue weighted by Crippen LogP contribution is -2.15. The van der Waals surface area contributed by atoms with Crippen molar-refractivity contribution in [1.82, 2.24) is 4.98 Å². The first-order valence-electron chi connectivity index (χ1n) is 8.89. The number of anilines is 2. The third-order valence-corrected chi connectivity index (χ3v) is 4.82. The number of benzene rings is 2. The highest BCUT2D eigenvalue weighted by atomic mass is 16.5. The number of hydrogen-bond acceptors (Lipinski definition) is 4. The maximum Gasteiger partial charge on any atom is 0.274 e. The van der Waals surface area contributed by atoms with E-state index in [1.807, 2.05) is 50.2 Å². The molecule has 142 valence electrons. The lowest BCUT2D eigenvalue weighted by atomic mass is 9.95. The molecular weight excluding hydrogens is 350 g/mol. The molecule has 0 fully saturated rings. The van der Waals surface area contributed by atoms with E-state index < -0.39 is 0 Å². The molecule has 3 aromatic rings. The van der Waals surface area contributed by atoms with Gasteiger partial charge in [-0.3, -0.25) is 9.78 Å². The molecule has 0 saturated carbocycles. The fraction of sp³-hybridized carbons (Fsp3) is 0.130. The van der Waals surface area contributed by atoms with Crippen LogP contribution in [0.5, 0.6) is 5.75 Å². The van der Waals surface area contributed by atoms with Crippen molar-refractivity contribution in [3.63, 3.8) is 0 Å². The Balaban J connectivity index is 1.94. The minimum absolute atomic E-state index is 0.271. The minimum Gasteiger partial charge on any atom is -0.496 e. The summed E-state index contributed by atoms with van der Waals surface area (Å²) in [7, 11) is 1.55. The lowest BCUT2D eigenvalue weighted by Gasteiger charge is -2.15. The number of methoxy groups -OCH3 is 1. The summed E-state index contributed by atoms with van der Waals surface area (Å²) in [6.07, 6.45) is 3.20. The molecule has 0 aliphatic heterocycles. The number of nitrogens with zero attached hydrogens (tertiary/aromatic N) is 1. The van der Waals surface area contributed by atoms with E-state index in [4.69, 9.17) is 10.5 Å². The van der Waals surface area contributed by atoms with Crippen LogP contribution in [0.15, 0.2) is 55.2 Å². The van der Waals surface area contributed by atoms with Crippen LogP contribution >= 0.6 is 0 Å². The molecule has 1 heterocycles. The van der Waals surface area contributed by atoms with Crippen LogP contribution < -0.4 is 15.8 Å². The minimum atomic E-state index is -0.307. The Morgan fingerprint density at radius 2 is 1.82 bits per heavy atom. The van der Waals surface area contributed by atoms with Crippen LogP contribution in [0.2, 0.25) is 0 Å². The predicted molar refractivity (Wildman–Crippen MR) is 115 cm³/mol. The van der Waals surface area contributed by atoms with Gasteiger partial charge in [0.15, 0.2) is 0 Å². The molecule has 1 aromatic heterocycles. The highest BCUT2D eigenvalue weighted by molar-refractivity contribution is 6.04. The number of rotatable bonds is 5. The smallest absolute Gasteiger partial charge is 0.274 e. The van der Waals surface area contributed by atoms with Crippen molar-refractivity contribution in [3.8, 4) is 16.9 Å². The third-order valence-electron chi connectivity index (χ3n) is 4.82. The largest absolute Gasteiger partial charge is 0.496 e. The Morgan fingerprint density at radius 3 is 2.50 bits per heavy atom. The van der Waals surface area contributed by atoms with Crippen LogP contribution in [0.4, 0.5) is 11.4 Å². The molecule has 5 nitrogen and oxygen atoms in total. The molecular formula is C23H23N3O2. The maximum absolute atomic E-state index is 12.7. The van der Waals surface area contributed by atoms with Crippen LogP contribution in [-0.4, -0.2) is 18.0 Å². The van der Waals surface area contributed by atoms with Crippen molar-refractivity contribution in [2.75, 3.05) is 18.2 Å². The summed E-state index contributed by atoms with van der Waals surface area (Å²) in [5.74, 6) is 0.245. The Bertz CT molecular complexity index is 1060. The average molecular weight is 373 g/mol. The molecule has 1 amide bonds. The molecule has 0 aliphatic rings. The third kappa shape index (κ3) is 3.60. The molecule has 5 heteroatoms. The van der Waals surface area contributed by atoms with Gasteiger partial charge < -0.3 is 15.8 Å².